The number of likely N-dealkylation sites (N-methyl/N-ethyl adjacent to an activating group) is 1. The quantitative estimate of drug-likeness (QED) is 0.731. The standard InChI is InChI=1S/C11H21ClN2O/c1-2-14-8-4-5-10(9-14)13-11(15)6-3-7-12/h10H,2-9H2,1H3,(H,13,15). The van der Waals surface area contributed by atoms with E-state index in [0.29, 0.717) is 18.3 Å². The molecule has 0 aromatic rings. The highest BCUT2D eigenvalue weighted by molar-refractivity contribution is 6.17. The van der Waals surface area contributed by atoms with Gasteiger partial charge in [-0.25, -0.2) is 0 Å². The molecule has 4 heteroatoms. The van der Waals surface area contributed by atoms with E-state index < -0.39 is 0 Å². The van der Waals surface area contributed by atoms with Crippen LogP contribution in [-0.2, 0) is 4.79 Å². The molecular weight excluding hydrogens is 212 g/mol. The van der Waals surface area contributed by atoms with Crippen molar-refractivity contribution in [1.29, 1.82) is 0 Å². The van der Waals surface area contributed by atoms with Crippen LogP contribution in [0.15, 0.2) is 0 Å². The van der Waals surface area contributed by atoms with E-state index >= 15 is 0 Å². The molecule has 0 aliphatic carbocycles. The minimum atomic E-state index is 0.151. The van der Waals surface area contributed by atoms with E-state index in [1.807, 2.05) is 0 Å². The van der Waals surface area contributed by atoms with Crippen LogP contribution >= 0.6 is 11.6 Å². The third-order valence-corrected chi connectivity index (χ3v) is 3.12. The second kappa shape index (κ2) is 7.07. The highest BCUT2D eigenvalue weighted by atomic mass is 35.5. The number of amides is 1. The summed E-state index contributed by atoms with van der Waals surface area (Å²) in [6.07, 6.45) is 3.64. The van der Waals surface area contributed by atoms with Gasteiger partial charge in [0.1, 0.15) is 0 Å². The van der Waals surface area contributed by atoms with Crippen molar-refractivity contribution in [2.75, 3.05) is 25.5 Å². The number of hydrogen-bond acceptors (Lipinski definition) is 2. The molecule has 1 atom stereocenters. The first-order valence-electron chi connectivity index (χ1n) is 5.84. The SMILES string of the molecule is CCN1CCCC(NC(=O)CCCCl)C1. The van der Waals surface area contributed by atoms with Crippen molar-refractivity contribution < 1.29 is 4.79 Å². The maximum Gasteiger partial charge on any atom is 0.220 e. The first kappa shape index (κ1) is 12.8. The number of likely N-dealkylation sites (tertiary alicyclic amines) is 1. The predicted octanol–water partition coefficient (Wildman–Crippen LogP) is 1.61. The smallest absolute Gasteiger partial charge is 0.220 e. The van der Waals surface area contributed by atoms with Gasteiger partial charge in [-0.15, -0.1) is 11.6 Å². The summed E-state index contributed by atoms with van der Waals surface area (Å²) in [4.78, 5) is 13.9. The second-order valence-corrected chi connectivity index (χ2v) is 4.47. The molecular formula is C11H21ClN2O. The highest BCUT2D eigenvalue weighted by Gasteiger charge is 2.19. The Morgan fingerprint density at radius 3 is 3.07 bits per heavy atom. The molecule has 0 bridgehead atoms. The Bertz CT molecular complexity index is 199. The minimum absolute atomic E-state index is 0.151. The summed E-state index contributed by atoms with van der Waals surface area (Å²) in [6, 6.07) is 0.349. The Balaban J connectivity index is 2.22. The number of alkyl halides is 1. The van der Waals surface area contributed by atoms with Crippen molar-refractivity contribution >= 4 is 17.5 Å². The number of carbonyl (C=O) groups excluding carboxylic acids is 1. The van der Waals surface area contributed by atoms with Gasteiger partial charge in [0.2, 0.25) is 5.91 Å². The van der Waals surface area contributed by atoms with Crippen LogP contribution in [0.5, 0.6) is 0 Å². The van der Waals surface area contributed by atoms with Crippen molar-refractivity contribution in [3.8, 4) is 0 Å². The van der Waals surface area contributed by atoms with Gasteiger partial charge in [0.15, 0.2) is 0 Å². The topological polar surface area (TPSA) is 32.3 Å². The fraction of sp³-hybridized carbons (Fsp3) is 0.909. The van der Waals surface area contributed by atoms with Crippen LogP contribution in [0.3, 0.4) is 0 Å². The molecule has 1 unspecified atom stereocenters. The summed E-state index contributed by atoms with van der Waals surface area (Å²) in [7, 11) is 0. The fourth-order valence-electron chi connectivity index (χ4n) is 1.99. The normalized spacial score (nSPS) is 22.7. The lowest BCUT2D eigenvalue weighted by Crippen LogP contribution is -2.47. The summed E-state index contributed by atoms with van der Waals surface area (Å²) in [5, 5.41) is 3.08. The van der Waals surface area contributed by atoms with Gasteiger partial charge in [0.25, 0.3) is 0 Å². The maximum atomic E-state index is 11.5. The van der Waals surface area contributed by atoms with Gasteiger partial charge in [-0.05, 0) is 32.4 Å². The summed E-state index contributed by atoms with van der Waals surface area (Å²) < 4.78 is 0. The van der Waals surface area contributed by atoms with E-state index in [0.717, 1.165) is 25.9 Å². The molecule has 0 saturated carbocycles. The fourth-order valence-corrected chi connectivity index (χ4v) is 2.12. The number of nitrogens with zero attached hydrogens (tertiary/aromatic N) is 1. The third kappa shape index (κ3) is 4.85. The molecule has 88 valence electrons. The average molecular weight is 233 g/mol. The molecule has 0 aromatic carbocycles. The number of hydrogen-bond donors (Lipinski definition) is 1. The zero-order valence-corrected chi connectivity index (χ0v) is 10.2. The number of carbonyl (C=O) groups is 1. The van der Waals surface area contributed by atoms with Gasteiger partial charge in [-0.2, -0.15) is 0 Å². The van der Waals surface area contributed by atoms with E-state index in [1.54, 1.807) is 0 Å². The van der Waals surface area contributed by atoms with E-state index in [9.17, 15) is 4.79 Å². The molecule has 0 aromatic heterocycles. The van der Waals surface area contributed by atoms with E-state index in [1.165, 1.54) is 13.0 Å². The van der Waals surface area contributed by atoms with Crippen molar-refractivity contribution in [3.05, 3.63) is 0 Å². The van der Waals surface area contributed by atoms with Gasteiger partial charge >= 0.3 is 0 Å². The monoisotopic (exact) mass is 232 g/mol. The van der Waals surface area contributed by atoms with Gasteiger partial charge < -0.3 is 10.2 Å². The molecule has 1 rings (SSSR count). The molecule has 15 heavy (non-hydrogen) atoms. The molecule has 0 spiro atoms. The number of halogens is 1. The number of rotatable bonds is 5. The van der Waals surface area contributed by atoms with Gasteiger partial charge in [-0.3, -0.25) is 4.79 Å². The molecule has 1 saturated heterocycles. The third-order valence-electron chi connectivity index (χ3n) is 2.86. The van der Waals surface area contributed by atoms with Gasteiger partial charge in [-0.1, -0.05) is 6.92 Å². The van der Waals surface area contributed by atoms with Crippen LogP contribution in [0, 0.1) is 0 Å². The Morgan fingerprint density at radius 1 is 1.60 bits per heavy atom. The predicted molar refractivity (Wildman–Crippen MR) is 63.2 cm³/mol. The Hall–Kier alpha value is -0.280. The lowest BCUT2D eigenvalue weighted by Gasteiger charge is -2.32. The molecule has 1 heterocycles. The molecule has 1 N–H and O–H groups in total. The Morgan fingerprint density at radius 2 is 2.40 bits per heavy atom. The number of nitrogens with one attached hydrogen (secondary N) is 1. The van der Waals surface area contributed by atoms with Crippen LogP contribution < -0.4 is 5.32 Å². The van der Waals surface area contributed by atoms with Crippen LogP contribution in [0.1, 0.15) is 32.6 Å². The first-order chi connectivity index (χ1) is 7.26. The molecule has 1 fully saturated rings. The van der Waals surface area contributed by atoms with Crippen molar-refractivity contribution in [2.24, 2.45) is 0 Å². The first-order valence-corrected chi connectivity index (χ1v) is 6.37. The second-order valence-electron chi connectivity index (χ2n) is 4.09. The zero-order valence-electron chi connectivity index (χ0n) is 9.47. The number of piperidine rings is 1. The van der Waals surface area contributed by atoms with E-state index in [4.69, 9.17) is 11.6 Å². The lowest BCUT2D eigenvalue weighted by molar-refractivity contribution is -0.122. The van der Waals surface area contributed by atoms with Crippen molar-refractivity contribution in [2.45, 2.75) is 38.6 Å². The summed E-state index contributed by atoms with van der Waals surface area (Å²) in [5.41, 5.74) is 0. The average Bonchev–Trinajstić information content (AvgIpc) is 2.26. The van der Waals surface area contributed by atoms with E-state index in [-0.39, 0.29) is 5.91 Å². The van der Waals surface area contributed by atoms with Crippen molar-refractivity contribution in [1.82, 2.24) is 10.2 Å². The summed E-state index contributed by atoms with van der Waals surface area (Å²) in [5.74, 6) is 0.720. The summed E-state index contributed by atoms with van der Waals surface area (Å²) >= 11 is 5.55. The van der Waals surface area contributed by atoms with Crippen LogP contribution in [0.25, 0.3) is 0 Å². The molecule has 1 aliphatic rings. The summed E-state index contributed by atoms with van der Waals surface area (Å²) in [6.45, 7) is 5.42. The largest absolute Gasteiger partial charge is 0.352 e. The van der Waals surface area contributed by atoms with Crippen LogP contribution in [-0.4, -0.2) is 42.4 Å². The zero-order chi connectivity index (χ0) is 11.1. The Labute approximate surface area is 97.2 Å². The maximum absolute atomic E-state index is 11.5. The van der Waals surface area contributed by atoms with E-state index in [2.05, 4.69) is 17.1 Å². The van der Waals surface area contributed by atoms with Crippen molar-refractivity contribution in [3.63, 3.8) is 0 Å². The van der Waals surface area contributed by atoms with Crippen LogP contribution in [0.2, 0.25) is 0 Å². The van der Waals surface area contributed by atoms with Crippen LogP contribution in [0.4, 0.5) is 0 Å². The van der Waals surface area contributed by atoms with Gasteiger partial charge in [0.05, 0.1) is 0 Å². The van der Waals surface area contributed by atoms with Gasteiger partial charge in [0, 0.05) is 24.9 Å². The molecule has 1 aliphatic heterocycles. The highest BCUT2D eigenvalue weighted by Crippen LogP contribution is 2.09. The Kier molecular flexibility index (Phi) is 6.03. The minimum Gasteiger partial charge on any atom is -0.352 e. The molecule has 3 nitrogen and oxygen atoms in total. The lowest BCUT2D eigenvalue weighted by atomic mass is 10.1. The molecule has 0 radical (unpaired) electrons. The molecule has 1 amide bonds.